The molecule has 1 amide bonds. The number of methoxy groups -OCH3 is 1. The van der Waals surface area contributed by atoms with Gasteiger partial charge in [0.1, 0.15) is 11.9 Å². The minimum Gasteiger partial charge on any atom is -0.507 e. The maximum Gasteiger partial charge on any atom is 0.412 e. The molecule has 2 atom stereocenters. The Labute approximate surface area is 191 Å². The molecule has 0 saturated carbocycles. The van der Waals surface area contributed by atoms with Crippen molar-refractivity contribution in [1.82, 2.24) is 0 Å². The fourth-order valence-electron chi connectivity index (χ4n) is 3.41. The normalized spacial score (nSPS) is 12.7. The summed E-state index contributed by atoms with van der Waals surface area (Å²) in [7, 11) is 1.50. The molecule has 3 aromatic rings. The van der Waals surface area contributed by atoms with Gasteiger partial charge in [-0.25, -0.2) is 4.79 Å². The van der Waals surface area contributed by atoms with Gasteiger partial charge in [0.15, 0.2) is 6.10 Å². The van der Waals surface area contributed by atoms with Crippen LogP contribution in [0.3, 0.4) is 0 Å². The number of nitrogens with one attached hydrogen (secondary N) is 1. The summed E-state index contributed by atoms with van der Waals surface area (Å²) >= 11 is 3.90. The van der Waals surface area contributed by atoms with Crippen molar-refractivity contribution in [1.29, 1.82) is 0 Å². The van der Waals surface area contributed by atoms with Gasteiger partial charge in [0.05, 0.1) is 12.4 Å². The van der Waals surface area contributed by atoms with E-state index in [1.54, 1.807) is 42.5 Å². The number of anilines is 1. The Kier molecular flexibility index (Phi) is 8.35. The van der Waals surface area contributed by atoms with Crippen LogP contribution in [0.1, 0.15) is 18.1 Å². The number of hydrogen-bond donors (Lipinski definition) is 3. The van der Waals surface area contributed by atoms with E-state index in [4.69, 9.17) is 14.2 Å². The first kappa shape index (κ1) is 23.4. The first-order valence-electron chi connectivity index (χ1n) is 10.1. The van der Waals surface area contributed by atoms with Crippen LogP contribution in [0.5, 0.6) is 5.75 Å². The summed E-state index contributed by atoms with van der Waals surface area (Å²) in [5.74, 6) is -0.356. The van der Waals surface area contributed by atoms with Gasteiger partial charge >= 0.3 is 12.1 Å². The number of aromatic hydroxyl groups is 1. The maximum atomic E-state index is 12.7. The molecule has 0 unspecified atom stereocenters. The summed E-state index contributed by atoms with van der Waals surface area (Å²) in [4.78, 5) is 24.2. The van der Waals surface area contributed by atoms with E-state index in [2.05, 4.69) is 17.9 Å². The van der Waals surface area contributed by atoms with Crippen molar-refractivity contribution in [3.8, 4) is 5.75 Å². The largest absolute Gasteiger partial charge is 0.507 e. The highest BCUT2D eigenvalue weighted by atomic mass is 32.1. The van der Waals surface area contributed by atoms with Crippen LogP contribution in [0.25, 0.3) is 10.8 Å². The molecule has 8 heteroatoms. The van der Waals surface area contributed by atoms with Crippen LogP contribution in [0.4, 0.5) is 10.5 Å². The van der Waals surface area contributed by atoms with Crippen LogP contribution in [-0.4, -0.2) is 42.7 Å². The van der Waals surface area contributed by atoms with Gasteiger partial charge in [-0.05, 0) is 23.6 Å². The van der Waals surface area contributed by atoms with E-state index < -0.39 is 24.3 Å². The quantitative estimate of drug-likeness (QED) is 0.320. The molecule has 3 aromatic carbocycles. The Morgan fingerprint density at radius 1 is 1.00 bits per heavy atom. The first-order valence-corrected chi connectivity index (χ1v) is 10.7. The van der Waals surface area contributed by atoms with Crippen molar-refractivity contribution in [2.45, 2.75) is 18.6 Å². The smallest absolute Gasteiger partial charge is 0.412 e. The van der Waals surface area contributed by atoms with Gasteiger partial charge in [0.2, 0.25) is 0 Å². The van der Waals surface area contributed by atoms with Gasteiger partial charge < -0.3 is 19.3 Å². The predicted molar refractivity (Wildman–Crippen MR) is 125 cm³/mol. The molecule has 0 aliphatic heterocycles. The molecule has 0 heterocycles. The molecule has 0 fully saturated rings. The molecule has 32 heavy (non-hydrogen) atoms. The predicted octanol–water partition coefficient (Wildman–Crippen LogP) is 4.71. The van der Waals surface area contributed by atoms with Crippen molar-refractivity contribution in [2.24, 2.45) is 0 Å². The molecule has 0 radical (unpaired) electrons. The second kappa shape index (κ2) is 11.4. The highest BCUT2D eigenvalue weighted by Crippen LogP contribution is 2.35. The molecule has 168 valence electrons. The Balaban J connectivity index is 1.91. The van der Waals surface area contributed by atoms with E-state index in [1.165, 1.54) is 7.11 Å². The topological polar surface area (TPSA) is 94.1 Å². The number of hydrogen-bond acceptors (Lipinski definition) is 7. The van der Waals surface area contributed by atoms with Crippen molar-refractivity contribution in [3.63, 3.8) is 0 Å². The number of para-hydroxylation sites is 1. The van der Waals surface area contributed by atoms with E-state index >= 15 is 0 Å². The summed E-state index contributed by atoms with van der Waals surface area (Å²) < 4.78 is 16.6. The molecule has 3 rings (SSSR count). The standard InChI is InChI=1S/C24H25NO6S/c1-29-21(13-14-30-22(27)15-32)23(31-24(28)25-16-7-3-2-4-8-16)19-11-12-20(26)18-10-6-5-9-17(18)19/h2-12,21,23,26,32H,13-15H2,1H3,(H,25,28)/t21-,23-/m0/s1. The molecule has 0 saturated heterocycles. The molecule has 0 aliphatic rings. The zero-order chi connectivity index (χ0) is 22.9. The number of thiol groups is 1. The number of phenols is 1. The van der Waals surface area contributed by atoms with Crippen molar-refractivity contribution < 1.29 is 28.9 Å². The molecule has 0 spiro atoms. The number of amides is 1. The van der Waals surface area contributed by atoms with E-state index in [1.807, 2.05) is 24.3 Å². The first-order chi connectivity index (χ1) is 15.5. The fraction of sp³-hybridized carbons (Fsp3) is 0.250. The fourth-order valence-corrected chi connectivity index (χ4v) is 3.50. The third-order valence-corrected chi connectivity index (χ3v) is 5.19. The second-order valence-electron chi connectivity index (χ2n) is 6.98. The third kappa shape index (κ3) is 5.93. The van der Waals surface area contributed by atoms with Crippen molar-refractivity contribution in [3.05, 3.63) is 72.3 Å². The lowest BCUT2D eigenvalue weighted by molar-refractivity contribution is -0.141. The molecule has 0 bridgehead atoms. The number of benzene rings is 3. The van der Waals surface area contributed by atoms with E-state index in [0.717, 1.165) is 5.39 Å². The number of ether oxygens (including phenoxy) is 3. The lowest BCUT2D eigenvalue weighted by Gasteiger charge is -2.27. The number of phenolic OH excluding ortho intramolecular Hbond substituents is 1. The molecule has 7 nitrogen and oxygen atoms in total. The summed E-state index contributed by atoms with van der Waals surface area (Å²) in [6.45, 7) is 0.0775. The maximum absolute atomic E-state index is 12.7. The number of fused-ring (bicyclic) bond motifs is 1. The Morgan fingerprint density at radius 3 is 2.38 bits per heavy atom. The Bertz CT molecular complexity index is 1060. The van der Waals surface area contributed by atoms with E-state index in [9.17, 15) is 14.7 Å². The zero-order valence-corrected chi connectivity index (χ0v) is 18.5. The van der Waals surface area contributed by atoms with Crippen LogP contribution in [-0.2, 0) is 19.0 Å². The van der Waals surface area contributed by atoms with Gasteiger partial charge in [-0.1, -0.05) is 48.5 Å². The van der Waals surface area contributed by atoms with E-state index in [0.29, 0.717) is 16.6 Å². The van der Waals surface area contributed by atoms with Crippen LogP contribution in [0.2, 0.25) is 0 Å². The zero-order valence-electron chi connectivity index (χ0n) is 17.6. The minimum absolute atomic E-state index is 0.0281. The highest BCUT2D eigenvalue weighted by Gasteiger charge is 2.29. The number of rotatable bonds is 9. The van der Waals surface area contributed by atoms with Gasteiger partial charge in [-0.15, -0.1) is 0 Å². The Hall–Kier alpha value is -3.23. The molecule has 0 aliphatic carbocycles. The van der Waals surface area contributed by atoms with Gasteiger partial charge in [0, 0.05) is 30.2 Å². The SMILES string of the molecule is CO[C@@H](CCOC(=O)CS)[C@@H](OC(=O)Nc1ccccc1)c1ccc(O)c2ccccc12. The highest BCUT2D eigenvalue weighted by molar-refractivity contribution is 7.81. The summed E-state index contributed by atoms with van der Waals surface area (Å²) in [6.07, 6.45) is -1.82. The second-order valence-corrected chi connectivity index (χ2v) is 7.29. The summed E-state index contributed by atoms with van der Waals surface area (Å²) in [5, 5.41) is 14.3. The van der Waals surface area contributed by atoms with Crippen molar-refractivity contribution in [2.75, 3.05) is 24.8 Å². The van der Waals surface area contributed by atoms with E-state index in [-0.39, 0.29) is 24.5 Å². The summed E-state index contributed by atoms with van der Waals surface area (Å²) in [6, 6.07) is 19.5. The lowest BCUT2D eigenvalue weighted by atomic mass is 9.95. The van der Waals surface area contributed by atoms with Crippen LogP contribution in [0.15, 0.2) is 66.7 Å². The number of esters is 1. The average Bonchev–Trinajstić information content (AvgIpc) is 2.82. The lowest BCUT2D eigenvalue weighted by Crippen LogP contribution is -2.29. The van der Waals surface area contributed by atoms with Gasteiger partial charge in [0.25, 0.3) is 0 Å². The van der Waals surface area contributed by atoms with Crippen LogP contribution in [0, 0.1) is 0 Å². The number of carbonyl (C=O) groups excluding carboxylic acids is 2. The number of carbonyl (C=O) groups is 2. The Morgan fingerprint density at radius 2 is 1.69 bits per heavy atom. The molecular weight excluding hydrogens is 430 g/mol. The average molecular weight is 456 g/mol. The molecule has 0 aromatic heterocycles. The minimum atomic E-state index is -0.830. The summed E-state index contributed by atoms with van der Waals surface area (Å²) in [5.41, 5.74) is 1.25. The third-order valence-electron chi connectivity index (χ3n) is 4.93. The van der Waals surface area contributed by atoms with Gasteiger partial charge in [-0.2, -0.15) is 12.6 Å². The molecular formula is C24H25NO6S. The monoisotopic (exact) mass is 455 g/mol. The van der Waals surface area contributed by atoms with Crippen molar-refractivity contribution >= 4 is 41.2 Å². The van der Waals surface area contributed by atoms with Crippen LogP contribution < -0.4 is 5.32 Å². The van der Waals surface area contributed by atoms with Crippen LogP contribution >= 0.6 is 12.6 Å². The van der Waals surface area contributed by atoms with Gasteiger partial charge in [-0.3, -0.25) is 10.1 Å². The molecule has 2 N–H and O–H groups in total.